The first-order chi connectivity index (χ1) is 4.24. The fraction of sp³-hybridized carbons (Fsp3) is 0.571. The molecule has 2 N–H and O–H groups in total. The minimum Gasteiger partial charge on any atom is -0.328 e. The predicted octanol–water partition coefficient (Wildman–Crippen LogP) is 0.479. The van der Waals surface area contributed by atoms with Gasteiger partial charge in [-0.1, -0.05) is 6.58 Å². The minimum absolute atomic E-state index is 0.150. The smallest absolute Gasteiger partial charge is 0.158 e. The molecular weight excluding hydrogens is 114 g/mol. The van der Waals surface area contributed by atoms with Crippen LogP contribution in [0.4, 0.5) is 0 Å². The molecule has 0 aromatic heterocycles. The minimum atomic E-state index is 0.150. The maximum absolute atomic E-state index is 10.8. The standard InChI is InChI=1S/C7H11NO/c1-2-7(9)5-3-6(8)4-5/h2,5-6H,1,3-4,8H2. The average molecular weight is 125 g/mol. The van der Waals surface area contributed by atoms with Gasteiger partial charge in [0.2, 0.25) is 0 Å². The van der Waals surface area contributed by atoms with E-state index in [1.807, 2.05) is 0 Å². The Morgan fingerprint density at radius 1 is 1.67 bits per heavy atom. The topological polar surface area (TPSA) is 43.1 Å². The summed E-state index contributed by atoms with van der Waals surface area (Å²) in [6.07, 6.45) is 3.09. The lowest BCUT2D eigenvalue weighted by Gasteiger charge is -2.29. The van der Waals surface area contributed by atoms with Crippen molar-refractivity contribution < 1.29 is 4.79 Å². The Morgan fingerprint density at radius 3 is 2.56 bits per heavy atom. The summed E-state index contributed by atoms with van der Waals surface area (Å²) < 4.78 is 0. The molecule has 50 valence electrons. The number of allylic oxidation sites excluding steroid dienone is 1. The van der Waals surface area contributed by atoms with E-state index in [1.165, 1.54) is 6.08 Å². The molecule has 0 bridgehead atoms. The second-order valence-electron chi connectivity index (χ2n) is 2.53. The predicted molar refractivity (Wildman–Crippen MR) is 35.9 cm³/mol. The van der Waals surface area contributed by atoms with E-state index in [0.717, 1.165) is 12.8 Å². The van der Waals surface area contributed by atoms with Crippen LogP contribution in [0.5, 0.6) is 0 Å². The molecule has 2 heteroatoms. The molecule has 0 radical (unpaired) electrons. The normalized spacial score (nSPS) is 33.0. The third kappa shape index (κ3) is 1.19. The molecule has 1 fully saturated rings. The van der Waals surface area contributed by atoms with Crippen molar-refractivity contribution in [3.63, 3.8) is 0 Å². The van der Waals surface area contributed by atoms with Gasteiger partial charge >= 0.3 is 0 Å². The highest BCUT2D eigenvalue weighted by molar-refractivity contribution is 5.91. The van der Waals surface area contributed by atoms with Crippen molar-refractivity contribution in [2.24, 2.45) is 11.7 Å². The van der Waals surface area contributed by atoms with Gasteiger partial charge in [0.05, 0.1) is 0 Å². The average Bonchev–Trinajstić information content (AvgIpc) is 1.79. The first-order valence-corrected chi connectivity index (χ1v) is 3.16. The molecule has 1 rings (SSSR count). The van der Waals surface area contributed by atoms with E-state index < -0.39 is 0 Å². The zero-order valence-corrected chi connectivity index (χ0v) is 5.34. The fourth-order valence-corrected chi connectivity index (χ4v) is 1.06. The highest BCUT2D eigenvalue weighted by Gasteiger charge is 2.29. The third-order valence-corrected chi connectivity index (χ3v) is 1.78. The molecule has 0 amide bonds. The third-order valence-electron chi connectivity index (χ3n) is 1.78. The SMILES string of the molecule is C=CC(=O)C1CC(N)C1. The van der Waals surface area contributed by atoms with Crippen LogP contribution in [0, 0.1) is 5.92 Å². The van der Waals surface area contributed by atoms with Gasteiger partial charge in [-0.3, -0.25) is 4.79 Å². The Kier molecular flexibility index (Phi) is 1.67. The second-order valence-corrected chi connectivity index (χ2v) is 2.53. The molecule has 1 saturated carbocycles. The lowest BCUT2D eigenvalue weighted by molar-refractivity contribution is -0.120. The summed E-state index contributed by atoms with van der Waals surface area (Å²) in [5.74, 6) is 0.342. The van der Waals surface area contributed by atoms with Crippen LogP contribution < -0.4 is 5.73 Å². The highest BCUT2D eigenvalue weighted by atomic mass is 16.1. The van der Waals surface area contributed by atoms with Crippen LogP contribution in [0.3, 0.4) is 0 Å². The molecule has 0 aromatic carbocycles. The monoisotopic (exact) mass is 125 g/mol. The van der Waals surface area contributed by atoms with Crippen LogP contribution in [0.25, 0.3) is 0 Å². The summed E-state index contributed by atoms with van der Waals surface area (Å²) >= 11 is 0. The molecule has 0 heterocycles. The zero-order valence-electron chi connectivity index (χ0n) is 5.34. The number of carbonyl (C=O) groups is 1. The molecule has 0 atom stereocenters. The highest BCUT2D eigenvalue weighted by Crippen LogP contribution is 2.26. The molecule has 0 spiro atoms. The summed E-state index contributed by atoms with van der Waals surface area (Å²) in [5, 5.41) is 0. The van der Waals surface area contributed by atoms with E-state index in [1.54, 1.807) is 0 Å². The number of carbonyl (C=O) groups excluding carboxylic acids is 1. The van der Waals surface area contributed by atoms with Crippen molar-refractivity contribution in [2.45, 2.75) is 18.9 Å². The van der Waals surface area contributed by atoms with Crippen LogP contribution in [-0.4, -0.2) is 11.8 Å². The number of nitrogens with two attached hydrogens (primary N) is 1. The molecular formula is C7H11NO. The maximum atomic E-state index is 10.8. The summed E-state index contributed by atoms with van der Waals surface area (Å²) in [6, 6.07) is 0.263. The van der Waals surface area contributed by atoms with Crippen LogP contribution in [0.2, 0.25) is 0 Å². The first-order valence-electron chi connectivity index (χ1n) is 3.16. The van der Waals surface area contributed by atoms with Crippen molar-refractivity contribution in [1.82, 2.24) is 0 Å². The number of ketones is 1. The molecule has 1 aliphatic rings. The van der Waals surface area contributed by atoms with E-state index in [2.05, 4.69) is 6.58 Å². The largest absolute Gasteiger partial charge is 0.328 e. The fourth-order valence-electron chi connectivity index (χ4n) is 1.06. The van der Waals surface area contributed by atoms with Gasteiger partial charge in [0.15, 0.2) is 5.78 Å². The van der Waals surface area contributed by atoms with E-state index in [0.29, 0.717) is 0 Å². The van der Waals surface area contributed by atoms with Crippen LogP contribution >= 0.6 is 0 Å². The Morgan fingerprint density at radius 2 is 2.22 bits per heavy atom. The molecule has 0 aliphatic heterocycles. The van der Waals surface area contributed by atoms with Gasteiger partial charge in [0.1, 0.15) is 0 Å². The van der Waals surface area contributed by atoms with E-state index >= 15 is 0 Å². The van der Waals surface area contributed by atoms with Crippen molar-refractivity contribution in [2.75, 3.05) is 0 Å². The van der Waals surface area contributed by atoms with Crippen LogP contribution in [0.15, 0.2) is 12.7 Å². The molecule has 9 heavy (non-hydrogen) atoms. The quantitative estimate of drug-likeness (QED) is 0.545. The van der Waals surface area contributed by atoms with E-state index in [9.17, 15) is 4.79 Å². The molecule has 0 aromatic rings. The number of hydrogen-bond acceptors (Lipinski definition) is 2. The van der Waals surface area contributed by atoms with Gasteiger partial charge in [0, 0.05) is 12.0 Å². The molecule has 0 unspecified atom stereocenters. The van der Waals surface area contributed by atoms with Gasteiger partial charge in [0.25, 0.3) is 0 Å². The van der Waals surface area contributed by atoms with Gasteiger partial charge in [-0.25, -0.2) is 0 Å². The molecule has 2 nitrogen and oxygen atoms in total. The number of rotatable bonds is 2. The molecule has 1 aliphatic carbocycles. The van der Waals surface area contributed by atoms with Gasteiger partial charge in [-0.05, 0) is 18.9 Å². The summed E-state index contributed by atoms with van der Waals surface area (Å²) in [6.45, 7) is 3.40. The zero-order chi connectivity index (χ0) is 6.85. The molecule has 0 saturated heterocycles. The summed E-state index contributed by atoms with van der Waals surface area (Å²) in [5.41, 5.74) is 5.47. The van der Waals surface area contributed by atoms with Crippen molar-refractivity contribution in [3.8, 4) is 0 Å². The summed E-state index contributed by atoms with van der Waals surface area (Å²) in [7, 11) is 0. The Bertz CT molecular complexity index is 136. The van der Waals surface area contributed by atoms with E-state index in [-0.39, 0.29) is 17.7 Å². The lowest BCUT2D eigenvalue weighted by Crippen LogP contribution is -2.39. The summed E-state index contributed by atoms with van der Waals surface area (Å²) in [4.78, 5) is 10.8. The Balaban J connectivity index is 2.31. The van der Waals surface area contributed by atoms with Crippen molar-refractivity contribution in [1.29, 1.82) is 0 Å². The lowest BCUT2D eigenvalue weighted by atomic mass is 9.78. The first kappa shape index (κ1) is 6.49. The van der Waals surface area contributed by atoms with E-state index in [4.69, 9.17) is 5.73 Å². The van der Waals surface area contributed by atoms with Gasteiger partial charge < -0.3 is 5.73 Å². The Labute approximate surface area is 54.7 Å². The Hall–Kier alpha value is -0.630. The van der Waals surface area contributed by atoms with Gasteiger partial charge in [-0.15, -0.1) is 0 Å². The second kappa shape index (κ2) is 2.31. The maximum Gasteiger partial charge on any atom is 0.158 e. The number of hydrogen-bond donors (Lipinski definition) is 1. The van der Waals surface area contributed by atoms with Crippen LogP contribution in [-0.2, 0) is 4.79 Å². The van der Waals surface area contributed by atoms with Crippen molar-refractivity contribution in [3.05, 3.63) is 12.7 Å². The van der Waals surface area contributed by atoms with Crippen molar-refractivity contribution >= 4 is 5.78 Å². The van der Waals surface area contributed by atoms with Crippen LogP contribution in [0.1, 0.15) is 12.8 Å². The van der Waals surface area contributed by atoms with Gasteiger partial charge in [-0.2, -0.15) is 0 Å².